The number of benzene rings is 2. The molecule has 7 nitrogen and oxygen atoms in total. The number of carbonyl (C=O) groups is 1. The summed E-state index contributed by atoms with van der Waals surface area (Å²) in [6, 6.07) is 10.2. The molecule has 0 fully saturated rings. The fraction of sp³-hybridized carbons (Fsp3) is 0.240. The highest BCUT2D eigenvalue weighted by molar-refractivity contribution is 7.07. The Hall–Kier alpha value is -3.72. The van der Waals surface area contributed by atoms with Crippen molar-refractivity contribution in [3.05, 3.63) is 90.4 Å². The lowest BCUT2D eigenvalue weighted by molar-refractivity contribution is -0.139. The van der Waals surface area contributed by atoms with E-state index in [1.165, 1.54) is 35.1 Å². The van der Waals surface area contributed by atoms with Gasteiger partial charge in [-0.1, -0.05) is 23.5 Å². The van der Waals surface area contributed by atoms with Crippen LogP contribution in [0.1, 0.15) is 31.0 Å². The predicted octanol–water partition coefficient (Wildman–Crippen LogP) is 2.95. The first-order chi connectivity index (χ1) is 16.4. The van der Waals surface area contributed by atoms with Gasteiger partial charge in [0.25, 0.3) is 5.56 Å². The van der Waals surface area contributed by atoms with Gasteiger partial charge < -0.3 is 14.2 Å². The number of allylic oxidation sites excluding steroid dienone is 1. The van der Waals surface area contributed by atoms with Gasteiger partial charge in [-0.3, -0.25) is 9.36 Å². The van der Waals surface area contributed by atoms with E-state index in [-0.39, 0.29) is 17.7 Å². The third kappa shape index (κ3) is 4.26. The van der Waals surface area contributed by atoms with E-state index in [4.69, 9.17) is 14.2 Å². The Kier molecular flexibility index (Phi) is 6.65. The van der Waals surface area contributed by atoms with Gasteiger partial charge in [0.15, 0.2) is 4.80 Å². The van der Waals surface area contributed by atoms with E-state index < -0.39 is 17.8 Å². The number of nitrogens with zero attached hydrogens (tertiary/aromatic N) is 2. The zero-order chi connectivity index (χ0) is 24.4. The largest absolute Gasteiger partial charge is 0.497 e. The average molecular weight is 483 g/mol. The Morgan fingerprint density at radius 2 is 1.91 bits per heavy atom. The van der Waals surface area contributed by atoms with Gasteiger partial charge in [0.05, 0.1) is 42.7 Å². The molecule has 1 unspecified atom stereocenters. The maximum Gasteiger partial charge on any atom is 0.338 e. The molecule has 0 aliphatic carbocycles. The second-order valence-electron chi connectivity index (χ2n) is 7.46. The van der Waals surface area contributed by atoms with Crippen molar-refractivity contribution in [1.82, 2.24) is 4.57 Å². The van der Waals surface area contributed by atoms with Crippen molar-refractivity contribution in [2.45, 2.75) is 19.9 Å². The third-order valence-electron chi connectivity index (χ3n) is 5.43. The second kappa shape index (κ2) is 9.64. The number of aromatic nitrogens is 1. The number of hydrogen-bond acceptors (Lipinski definition) is 7. The fourth-order valence-electron chi connectivity index (χ4n) is 3.83. The summed E-state index contributed by atoms with van der Waals surface area (Å²) in [7, 11) is 3.10. The Morgan fingerprint density at radius 3 is 2.56 bits per heavy atom. The van der Waals surface area contributed by atoms with E-state index in [0.29, 0.717) is 37.7 Å². The lowest BCUT2D eigenvalue weighted by Gasteiger charge is -2.24. The molecule has 0 N–H and O–H groups in total. The van der Waals surface area contributed by atoms with E-state index in [0.717, 1.165) is 0 Å². The molecule has 3 aromatic rings. The van der Waals surface area contributed by atoms with Gasteiger partial charge in [-0.05, 0) is 49.8 Å². The van der Waals surface area contributed by atoms with Crippen LogP contribution in [0.3, 0.4) is 0 Å². The number of thiazole rings is 1. The first-order valence-electron chi connectivity index (χ1n) is 10.5. The van der Waals surface area contributed by atoms with Gasteiger partial charge in [0, 0.05) is 11.6 Å². The predicted molar refractivity (Wildman–Crippen MR) is 126 cm³/mol. The van der Waals surface area contributed by atoms with Crippen molar-refractivity contribution in [3.63, 3.8) is 0 Å². The quantitative estimate of drug-likeness (QED) is 0.505. The first kappa shape index (κ1) is 23.4. The highest BCUT2D eigenvalue weighted by Crippen LogP contribution is 2.31. The molecule has 4 rings (SSSR count). The molecule has 2 aromatic carbocycles. The normalized spacial score (nSPS) is 15.6. The molecule has 1 aliphatic heterocycles. The number of esters is 1. The number of ether oxygens (including phenoxy) is 3. The summed E-state index contributed by atoms with van der Waals surface area (Å²) in [5, 5.41) is 0. The highest BCUT2D eigenvalue weighted by atomic mass is 32.1. The molecule has 0 saturated heterocycles. The minimum absolute atomic E-state index is 0.174. The van der Waals surface area contributed by atoms with Gasteiger partial charge >= 0.3 is 5.97 Å². The Labute approximate surface area is 199 Å². The molecular weight excluding hydrogens is 459 g/mol. The molecule has 1 aliphatic rings. The van der Waals surface area contributed by atoms with Crippen molar-refractivity contribution < 1.29 is 23.4 Å². The van der Waals surface area contributed by atoms with Crippen LogP contribution in [-0.4, -0.2) is 31.4 Å². The van der Waals surface area contributed by atoms with E-state index in [1.54, 1.807) is 57.4 Å². The molecule has 1 aromatic heterocycles. The number of methoxy groups -OCH3 is 2. The first-order valence-corrected chi connectivity index (χ1v) is 11.4. The van der Waals surface area contributed by atoms with E-state index in [2.05, 4.69) is 4.99 Å². The van der Waals surface area contributed by atoms with Crippen molar-refractivity contribution in [1.29, 1.82) is 0 Å². The molecule has 34 heavy (non-hydrogen) atoms. The van der Waals surface area contributed by atoms with Crippen LogP contribution < -0.4 is 24.4 Å². The van der Waals surface area contributed by atoms with Gasteiger partial charge in [0.1, 0.15) is 17.3 Å². The van der Waals surface area contributed by atoms with Crippen molar-refractivity contribution in [3.8, 4) is 11.5 Å². The summed E-state index contributed by atoms with van der Waals surface area (Å²) in [6.07, 6.45) is 1.72. The molecule has 1 atom stereocenters. The van der Waals surface area contributed by atoms with E-state index in [9.17, 15) is 14.0 Å². The maximum absolute atomic E-state index is 13.6. The minimum atomic E-state index is -0.796. The average Bonchev–Trinajstić information content (AvgIpc) is 3.13. The summed E-state index contributed by atoms with van der Waals surface area (Å²) >= 11 is 1.20. The van der Waals surface area contributed by atoms with Crippen LogP contribution in [0.5, 0.6) is 11.5 Å². The molecule has 2 heterocycles. The zero-order valence-corrected chi connectivity index (χ0v) is 19.9. The van der Waals surface area contributed by atoms with Gasteiger partial charge in [-0.2, -0.15) is 0 Å². The number of hydrogen-bond donors (Lipinski definition) is 0. The lowest BCUT2D eigenvalue weighted by atomic mass is 9.96. The number of carbonyl (C=O) groups excluding carboxylic acids is 1. The van der Waals surface area contributed by atoms with E-state index >= 15 is 0 Å². The van der Waals surface area contributed by atoms with Crippen molar-refractivity contribution in [2.75, 3.05) is 20.8 Å². The van der Waals surface area contributed by atoms with Crippen LogP contribution in [-0.2, 0) is 9.53 Å². The number of halogens is 1. The molecule has 0 radical (unpaired) electrons. The SMILES string of the molecule is CCOC(=O)C1=C(C)N=c2s/c(=C\c3ccc(OC)cc3OC)c(=O)n2C1c1ccc(F)cc1. The van der Waals surface area contributed by atoms with Crippen molar-refractivity contribution in [2.24, 2.45) is 4.99 Å². The van der Waals surface area contributed by atoms with Gasteiger partial charge in [-0.25, -0.2) is 14.2 Å². The van der Waals surface area contributed by atoms with E-state index in [1.807, 2.05) is 0 Å². The zero-order valence-electron chi connectivity index (χ0n) is 19.1. The maximum atomic E-state index is 13.6. The van der Waals surface area contributed by atoms with Crippen LogP contribution in [0.4, 0.5) is 4.39 Å². The molecule has 0 spiro atoms. The van der Waals surface area contributed by atoms with Crippen molar-refractivity contribution >= 4 is 23.4 Å². The smallest absolute Gasteiger partial charge is 0.338 e. The summed E-state index contributed by atoms with van der Waals surface area (Å²) in [6.45, 7) is 3.58. The fourth-order valence-corrected chi connectivity index (χ4v) is 4.87. The molecule has 0 bridgehead atoms. The Morgan fingerprint density at radius 1 is 1.18 bits per heavy atom. The van der Waals surface area contributed by atoms with Crippen LogP contribution in [0.2, 0.25) is 0 Å². The van der Waals surface area contributed by atoms with Gasteiger partial charge in [0.2, 0.25) is 0 Å². The standard InChI is InChI=1S/C25H23FN2O5S/c1-5-33-24(30)21-14(2)27-25-28(22(21)15-6-9-17(26)10-7-15)23(29)20(34-25)12-16-8-11-18(31-3)13-19(16)32-4/h6-13,22H,5H2,1-4H3/b20-12-. The Balaban J connectivity index is 1.94. The molecule has 0 saturated carbocycles. The minimum Gasteiger partial charge on any atom is -0.497 e. The third-order valence-corrected chi connectivity index (χ3v) is 6.41. The molecule has 0 amide bonds. The summed E-state index contributed by atoms with van der Waals surface area (Å²) in [5.74, 6) is 0.190. The summed E-state index contributed by atoms with van der Waals surface area (Å²) in [5.41, 5.74) is 1.63. The summed E-state index contributed by atoms with van der Waals surface area (Å²) in [4.78, 5) is 31.4. The number of rotatable bonds is 6. The molecule has 9 heteroatoms. The van der Waals surface area contributed by atoms with Crippen LogP contribution in [0.25, 0.3) is 6.08 Å². The number of fused-ring (bicyclic) bond motifs is 1. The molecule has 176 valence electrons. The topological polar surface area (TPSA) is 79.1 Å². The lowest BCUT2D eigenvalue weighted by Crippen LogP contribution is -2.39. The highest BCUT2D eigenvalue weighted by Gasteiger charge is 2.33. The second-order valence-corrected chi connectivity index (χ2v) is 8.47. The van der Waals surface area contributed by atoms with Crippen LogP contribution in [0.15, 0.2) is 63.5 Å². The van der Waals surface area contributed by atoms with Crippen LogP contribution in [0, 0.1) is 5.82 Å². The summed E-state index contributed by atoms with van der Waals surface area (Å²) < 4.78 is 31.5. The Bertz CT molecular complexity index is 1450. The molecular formula is C25H23FN2O5S. The van der Waals surface area contributed by atoms with Gasteiger partial charge in [-0.15, -0.1) is 0 Å². The monoisotopic (exact) mass is 482 g/mol. The van der Waals surface area contributed by atoms with Crippen LogP contribution >= 0.6 is 11.3 Å².